The minimum absolute atomic E-state index is 0.104. The number of anilines is 1. The first kappa shape index (κ1) is 9.45. The molecule has 1 heterocycles. The van der Waals surface area contributed by atoms with Crippen LogP contribution in [0.3, 0.4) is 0 Å². The molecular formula is C11H11N3O. The Morgan fingerprint density at radius 3 is 2.67 bits per heavy atom. The molecule has 0 fully saturated rings. The van der Waals surface area contributed by atoms with E-state index in [9.17, 15) is 4.79 Å². The predicted octanol–water partition coefficient (Wildman–Crippen LogP) is 1.83. The highest BCUT2D eigenvalue weighted by molar-refractivity contribution is 5.87. The molecule has 0 unspecified atom stereocenters. The molecule has 0 spiro atoms. The van der Waals surface area contributed by atoms with E-state index in [4.69, 9.17) is 0 Å². The largest absolute Gasteiger partial charge is 0.311 e. The van der Waals surface area contributed by atoms with Crippen LogP contribution < -0.4 is 5.32 Å². The second-order valence-electron chi connectivity index (χ2n) is 3.14. The third kappa shape index (κ3) is 2.04. The number of nitrogens with zero attached hydrogens (tertiary/aromatic N) is 2. The fourth-order valence-electron chi connectivity index (χ4n) is 1.35. The molecule has 0 bridgehead atoms. The number of amides is 1. The summed E-state index contributed by atoms with van der Waals surface area (Å²) in [6.45, 7) is 1.47. The van der Waals surface area contributed by atoms with E-state index in [-0.39, 0.29) is 5.91 Å². The molecule has 15 heavy (non-hydrogen) atoms. The third-order valence-electron chi connectivity index (χ3n) is 1.95. The molecule has 0 atom stereocenters. The number of rotatable bonds is 2. The van der Waals surface area contributed by atoms with Gasteiger partial charge in [0.25, 0.3) is 0 Å². The van der Waals surface area contributed by atoms with Crippen molar-refractivity contribution in [1.29, 1.82) is 0 Å². The van der Waals surface area contributed by atoms with Crippen molar-refractivity contribution in [2.45, 2.75) is 6.92 Å². The van der Waals surface area contributed by atoms with Gasteiger partial charge < -0.3 is 5.32 Å². The molecule has 0 aliphatic carbocycles. The molecular weight excluding hydrogens is 190 g/mol. The molecule has 0 saturated heterocycles. The zero-order valence-electron chi connectivity index (χ0n) is 8.34. The molecule has 0 aliphatic rings. The summed E-state index contributed by atoms with van der Waals surface area (Å²) in [6.07, 6.45) is 1.65. The Kier molecular flexibility index (Phi) is 2.49. The number of benzene rings is 1. The number of carbonyl (C=O) groups is 1. The van der Waals surface area contributed by atoms with Gasteiger partial charge in [-0.25, -0.2) is 4.68 Å². The monoisotopic (exact) mass is 201 g/mol. The molecule has 0 aliphatic heterocycles. The van der Waals surface area contributed by atoms with Crippen molar-refractivity contribution in [3.63, 3.8) is 0 Å². The number of aromatic nitrogens is 2. The highest BCUT2D eigenvalue weighted by atomic mass is 16.1. The summed E-state index contributed by atoms with van der Waals surface area (Å²) in [4.78, 5) is 10.9. The van der Waals surface area contributed by atoms with Crippen LogP contribution in [0.5, 0.6) is 0 Å². The summed E-state index contributed by atoms with van der Waals surface area (Å²) in [5.74, 6) is 0.571. The molecule has 2 rings (SSSR count). The van der Waals surface area contributed by atoms with Gasteiger partial charge in [0.05, 0.1) is 11.9 Å². The van der Waals surface area contributed by atoms with E-state index in [2.05, 4.69) is 10.4 Å². The minimum Gasteiger partial charge on any atom is -0.311 e. The van der Waals surface area contributed by atoms with Gasteiger partial charge in [0.1, 0.15) is 5.82 Å². The number of carbonyl (C=O) groups excluding carboxylic acids is 1. The fraction of sp³-hybridized carbons (Fsp3) is 0.0909. The van der Waals surface area contributed by atoms with E-state index in [1.165, 1.54) is 6.92 Å². The van der Waals surface area contributed by atoms with Crippen LogP contribution in [0.25, 0.3) is 5.69 Å². The maximum Gasteiger partial charge on any atom is 0.222 e. The topological polar surface area (TPSA) is 46.9 Å². The quantitative estimate of drug-likeness (QED) is 0.805. The van der Waals surface area contributed by atoms with Crippen LogP contribution in [0.1, 0.15) is 6.92 Å². The van der Waals surface area contributed by atoms with E-state index in [1.54, 1.807) is 16.9 Å². The van der Waals surface area contributed by atoms with E-state index in [1.807, 2.05) is 30.3 Å². The van der Waals surface area contributed by atoms with Gasteiger partial charge in [-0.15, -0.1) is 0 Å². The van der Waals surface area contributed by atoms with Crippen molar-refractivity contribution in [2.24, 2.45) is 0 Å². The molecule has 0 radical (unpaired) electrons. The first-order valence-corrected chi connectivity index (χ1v) is 4.64. The minimum atomic E-state index is -0.104. The van der Waals surface area contributed by atoms with Crippen molar-refractivity contribution >= 4 is 11.7 Å². The lowest BCUT2D eigenvalue weighted by Crippen LogP contribution is -2.10. The lowest BCUT2D eigenvalue weighted by atomic mass is 10.3. The Hall–Kier alpha value is -2.10. The maximum absolute atomic E-state index is 10.9. The number of hydrogen-bond acceptors (Lipinski definition) is 2. The van der Waals surface area contributed by atoms with Gasteiger partial charge in [0.15, 0.2) is 0 Å². The van der Waals surface area contributed by atoms with E-state index >= 15 is 0 Å². The molecule has 1 amide bonds. The molecule has 0 saturated carbocycles. The Bertz CT molecular complexity index is 462. The van der Waals surface area contributed by atoms with Crippen LogP contribution in [0.4, 0.5) is 5.82 Å². The summed E-state index contributed by atoms with van der Waals surface area (Å²) in [5, 5.41) is 6.85. The molecule has 1 aromatic heterocycles. The van der Waals surface area contributed by atoms with Gasteiger partial charge in [-0.3, -0.25) is 4.79 Å². The molecule has 1 aromatic carbocycles. The highest BCUT2D eigenvalue weighted by Crippen LogP contribution is 2.13. The van der Waals surface area contributed by atoms with Gasteiger partial charge >= 0.3 is 0 Å². The number of para-hydroxylation sites is 1. The molecule has 2 aromatic rings. The third-order valence-corrected chi connectivity index (χ3v) is 1.95. The van der Waals surface area contributed by atoms with Crippen molar-refractivity contribution in [1.82, 2.24) is 9.78 Å². The van der Waals surface area contributed by atoms with Gasteiger partial charge in [-0.1, -0.05) is 18.2 Å². The van der Waals surface area contributed by atoms with Crippen LogP contribution in [-0.2, 0) is 4.79 Å². The first-order valence-electron chi connectivity index (χ1n) is 4.64. The average Bonchev–Trinajstić information content (AvgIpc) is 2.66. The summed E-state index contributed by atoms with van der Waals surface area (Å²) in [6, 6.07) is 11.4. The lowest BCUT2D eigenvalue weighted by molar-refractivity contribution is -0.114. The van der Waals surface area contributed by atoms with Gasteiger partial charge in [-0.05, 0) is 12.1 Å². The average molecular weight is 201 g/mol. The van der Waals surface area contributed by atoms with Crippen LogP contribution in [-0.4, -0.2) is 15.7 Å². The van der Waals surface area contributed by atoms with Crippen molar-refractivity contribution in [3.05, 3.63) is 42.6 Å². The maximum atomic E-state index is 10.9. The standard InChI is InChI=1S/C11H11N3O/c1-9(15)13-11-7-8-12-14(11)10-5-3-2-4-6-10/h2-8H,1H3,(H,13,15). The lowest BCUT2D eigenvalue weighted by Gasteiger charge is -2.06. The van der Waals surface area contributed by atoms with Gasteiger partial charge in [0.2, 0.25) is 5.91 Å². The second-order valence-corrected chi connectivity index (χ2v) is 3.14. The van der Waals surface area contributed by atoms with Crippen LogP contribution in [0.15, 0.2) is 42.6 Å². The zero-order chi connectivity index (χ0) is 10.7. The zero-order valence-corrected chi connectivity index (χ0v) is 8.34. The van der Waals surface area contributed by atoms with Crippen molar-refractivity contribution in [3.8, 4) is 5.69 Å². The fourth-order valence-corrected chi connectivity index (χ4v) is 1.35. The predicted molar refractivity (Wildman–Crippen MR) is 57.9 cm³/mol. The van der Waals surface area contributed by atoms with Crippen molar-refractivity contribution < 1.29 is 4.79 Å². The number of hydrogen-bond donors (Lipinski definition) is 1. The summed E-state index contributed by atoms with van der Waals surface area (Å²) >= 11 is 0. The van der Waals surface area contributed by atoms with E-state index in [0.717, 1.165) is 5.69 Å². The SMILES string of the molecule is CC(=O)Nc1ccnn1-c1ccccc1. The van der Waals surface area contributed by atoms with E-state index in [0.29, 0.717) is 5.82 Å². The molecule has 76 valence electrons. The van der Waals surface area contributed by atoms with E-state index < -0.39 is 0 Å². The first-order chi connectivity index (χ1) is 7.27. The Morgan fingerprint density at radius 2 is 2.00 bits per heavy atom. The Balaban J connectivity index is 2.37. The van der Waals surface area contributed by atoms with Crippen molar-refractivity contribution in [2.75, 3.05) is 5.32 Å². The smallest absolute Gasteiger partial charge is 0.222 e. The van der Waals surface area contributed by atoms with Crippen LogP contribution >= 0.6 is 0 Å². The summed E-state index contributed by atoms with van der Waals surface area (Å²) in [5.41, 5.74) is 0.922. The summed E-state index contributed by atoms with van der Waals surface area (Å²) < 4.78 is 1.68. The van der Waals surface area contributed by atoms with Crippen LogP contribution in [0, 0.1) is 0 Å². The second kappa shape index (κ2) is 3.96. The number of nitrogens with one attached hydrogen (secondary N) is 1. The Morgan fingerprint density at radius 1 is 1.27 bits per heavy atom. The molecule has 1 N–H and O–H groups in total. The van der Waals surface area contributed by atoms with Gasteiger partial charge in [-0.2, -0.15) is 5.10 Å². The molecule has 4 heteroatoms. The van der Waals surface area contributed by atoms with Gasteiger partial charge in [0, 0.05) is 13.0 Å². The van der Waals surface area contributed by atoms with Crippen LogP contribution in [0.2, 0.25) is 0 Å². The summed E-state index contributed by atoms with van der Waals surface area (Å²) in [7, 11) is 0. The normalized spacial score (nSPS) is 9.93. The highest BCUT2D eigenvalue weighted by Gasteiger charge is 2.04. The Labute approximate surface area is 87.5 Å². The molecule has 4 nitrogen and oxygen atoms in total.